The lowest BCUT2D eigenvalue weighted by Gasteiger charge is -2.34. The first-order valence-electron chi connectivity index (χ1n) is 7.97. The number of hydrogen-bond acceptors (Lipinski definition) is 5. The molecule has 0 aliphatic carbocycles. The molecule has 0 bridgehead atoms. The molecule has 0 saturated carbocycles. The van der Waals surface area contributed by atoms with E-state index in [4.69, 9.17) is 9.47 Å². The SMILES string of the molecule is COC1(C(=O)Nc2cccc(OCC(=O)N(C)C)c2)CCNCC1. The fourth-order valence-electron chi connectivity index (χ4n) is 2.54. The Morgan fingerprint density at radius 2 is 2.00 bits per heavy atom. The number of hydrogen-bond donors (Lipinski definition) is 2. The Kier molecular flexibility index (Phi) is 6.16. The summed E-state index contributed by atoms with van der Waals surface area (Å²) in [4.78, 5) is 25.7. The summed E-state index contributed by atoms with van der Waals surface area (Å²) in [5.41, 5.74) is -0.187. The summed E-state index contributed by atoms with van der Waals surface area (Å²) in [5.74, 6) is 0.241. The van der Waals surface area contributed by atoms with Crippen LogP contribution in [0.3, 0.4) is 0 Å². The molecule has 2 N–H and O–H groups in total. The van der Waals surface area contributed by atoms with Gasteiger partial charge in [-0.1, -0.05) is 6.07 Å². The van der Waals surface area contributed by atoms with Gasteiger partial charge in [-0.15, -0.1) is 0 Å². The number of benzene rings is 1. The standard InChI is InChI=1S/C17H25N3O4/c1-20(2)15(21)12-24-14-6-4-5-13(11-14)19-16(22)17(23-3)7-9-18-10-8-17/h4-6,11,18H,7-10,12H2,1-3H3,(H,19,22). The van der Waals surface area contributed by atoms with Gasteiger partial charge in [-0.05, 0) is 38.1 Å². The summed E-state index contributed by atoms with van der Waals surface area (Å²) < 4.78 is 11.0. The Bertz CT molecular complexity index is 583. The molecule has 0 spiro atoms. The summed E-state index contributed by atoms with van der Waals surface area (Å²) in [6, 6.07) is 7.00. The second kappa shape index (κ2) is 8.12. The molecule has 2 amide bonds. The molecule has 1 heterocycles. The van der Waals surface area contributed by atoms with Crippen molar-refractivity contribution in [2.75, 3.05) is 46.2 Å². The van der Waals surface area contributed by atoms with E-state index in [0.29, 0.717) is 24.3 Å². The molecule has 132 valence electrons. The Balaban J connectivity index is 2.00. The average Bonchev–Trinajstić information content (AvgIpc) is 2.60. The zero-order valence-electron chi connectivity index (χ0n) is 14.4. The van der Waals surface area contributed by atoms with Crippen molar-refractivity contribution in [3.63, 3.8) is 0 Å². The number of ether oxygens (including phenoxy) is 2. The highest BCUT2D eigenvalue weighted by atomic mass is 16.5. The summed E-state index contributed by atoms with van der Waals surface area (Å²) in [6.45, 7) is 1.45. The fourth-order valence-corrected chi connectivity index (χ4v) is 2.54. The molecule has 1 aromatic carbocycles. The molecule has 7 heteroatoms. The molecular weight excluding hydrogens is 310 g/mol. The second-order valence-corrected chi connectivity index (χ2v) is 6.01. The number of amides is 2. The maximum Gasteiger partial charge on any atom is 0.259 e. The van der Waals surface area contributed by atoms with Crippen LogP contribution in [-0.2, 0) is 14.3 Å². The summed E-state index contributed by atoms with van der Waals surface area (Å²) in [7, 11) is 4.91. The van der Waals surface area contributed by atoms with Gasteiger partial charge in [0.05, 0.1) is 0 Å². The van der Waals surface area contributed by atoms with Crippen molar-refractivity contribution in [2.24, 2.45) is 0 Å². The first-order valence-corrected chi connectivity index (χ1v) is 7.97. The molecule has 0 aromatic heterocycles. The number of carbonyl (C=O) groups is 2. The molecule has 0 atom stereocenters. The van der Waals surface area contributed by atoms with Crippen LogP contribution < -0.4 is 15.4 Å². The smallest absolute Gasteiger partial charge is 0.259 e. The molecule has 0 radical (unpaired) electrons. The maximum atomic E-state index is 12.6. The number of anilines is 1. The number of nitrogens with one attached hydrogen (secondary N) is 2. The van der Waals surface area contributed by atoms with Crippen molar-refractivity contribution in [3.05, 3.63) is 24.3 Å². The Labute approximate surface area is 142 Å². The first kappa shape index (κ1) is 18.2. The molecule has 1 fully saturated rings. The monoisotopic (exact) mass is 335 g/mol. The first-order chi connectivity index (χ1) is 11.5. The van der Waals surface area contributed by atoms with Crippen LogP contribution >= 0.6 is 0 Å². The fraction of sp³-hybridized carbons (Fsp3) is 0.529. The van der Waals surface area contributed by atoms with Gasteiger partial charge in [-0.2, -0.15) is 0 Å². The highest BCUT2D eigenvalue weighted by molar-refractivity contribution is 5.97. The van der Waals surface area contributed by atoms with Gasteiger partial charge in [0.1, 0.15) is 11.4 Å². The average molecular weight is 335 g/mol. The predicted octanol–water partition coefficient (Wildman–Crippen LogP) is 0.861. The van der Waals surface area contributed by atoms with Gasteiger partial charge in [0, 0.05) is 33.0 Å². The van der Waals surface area contributed by atoms with Crippen LogP contribution in [0.25, 0.3) is 0 Å². The van der Waals surface area contributed by atoms with Crippen LogP contribution in [0, 0.1) is 0 Å². The third-order valence-electron chi connectivity index (χ3n) is 4.17. The third kappa shape index (κ3) is 4.46. The second-order valence-electron chi connectivity index (χ2n) is 6.01. The van der Waals surface area contributed by atoms with Gasteiger partial charge < -0.3 is 25.0 Å². The van der Waals surface area contributed by atoms with Gasteiger partial charge in [0.2, 0.25) is 0 Å². The summed E-state index contributed by atoms with van der Waals surface area (Å²) in [5, 5.41) is 6.11. The third-order valence-corrected chi connectivity index (χ3v) is 4.17. The van der Waals surface area contributed by atoms with E-state index >= 15 is 0 Å². The van der Waals surface area contributed by atoms with E-state index in [1.54, 1.807) is 45.5 Å². The number of likely N-dealkylation sites (N-methyl/N-ethyl adjacent to an activating group) is 1. The zero-order chi connectivity index (χ0) is 17.6. The van der Waals surface area contributed by atoms with Crippen LogP contribution in [-0.4, -0.2) is 63.2 Å². The summed E-state index contributed by atoms with van der Waals surface area (Å²) >= 11 is 0. The molecule has 7 nitrogen and oxygen atoms in total. The predicted molar refractivity (Wildman–Crippen MR) is 91.1 cm³/mol. The van der Waals surface area contributed by atoms with Crippen molar-refractivity contribution >= 4 is 17.5 Å². The van der Waals surface area contributed by atoms with Crippen molar-refractivity contribution in [2.45, 2.75) is 18.4 Å². The van der Waals surface area contributed by atoms with E-state index in [-0.39, 0.29) is 18.4 Å². The van der Waals surface area contributed by atoms with Crippen molar-refractivity contribution < 1.29 is 19.1 Å². The maximum absolute atomic E-state index is 12.6. The quantitative estimate of drug-likeness (QED) is 0.806. The van der Waals surface area contributed by atoms with Gasteiger partial charge >= 0.3 is 0 Å². The van der Waals surface area contributed by atoms with E-state index in [0.717, 1.165) is 13.1 Å². The zero-order valence-corrected chi connectivity index (χ0v) is 14.4. The van der Waals surface area contributed by atoms with Gasteiger partial charge in [-0.25, -0.2) is 0 Å². The van der Waals surface area contributed by atoms with Gasteiger partial charge in [-0.3, -0.25) is 9.59 Å². The Morgan fingerprint density at radius 3 is 2.62 bits per heavy atom. The lowest BCUT2D eigenvalue weighted by Crippen LogP contribution is -2.51. The van der Waals surface area contributed by atoms with Gasteiger partial charge in [0.15, 0.2) is 6.61 Å². The molecule has 1 aliphatic heterocycles. The normalized spacial score (nSPS) is 16.3. The van der Waals surface area contributed by atoms with Crippen molar-refractivity contribution in [3.8, 4) is 5.75 Å². The van der Waals surface area contributed by atoms with Crippen molar-refractivity contribution in [1.82, 2.24) is 10.2 Å². The highest BCUT2D eigenvalue weighted by Gasteiger charge is 2.39. The van der Waals surface area contributed by atoms with E-state index in [1.165, 1.54) is 4.90 Å². The van der Waals surface area contributed by atoms with Gasteiger partial charge in [0.25, 0.3) is 11.8 Å². The number of rotatable bonds is 6. The molecule has 1 aromatic rings. The van der Waals surface area contributed by atoms with Crippen LogP contribution in [0.4, 0.5) is 5.69 Å². The number of methoxy groups -OCH3 is 1. The van der Waals surface area contributed by atoms with E-state index in [1.807, 2.05) is 0 Å². The van der Waals surface area contributed by atoms with E-state index in [2.05, 4.69) is 10.6 Å². The molecule has 2 rings (SSSR count). The Morgan fingerprint density at radius 1 is 1.29 bits per heavy atom. The minimum atomic E-state index is -0.803. The molecule has 1 aliphatic rings. The van der Waals surface area contributed by atoms with Crippen LogP contribution in [0.5, 0.6) is 5.75 Å². The molecule has 1 saturated heterocycles. The lowest BCUT2D eigenvalue weighted by atomic mass is 9.91. The van der Waals surface area contributed by atoms with E-state index < -0.39 is 5.60 Å². The largest absolute Gasteiger partial charge is 0.484 e. The molecule has 0 unspecified atom stereocenters. The molecular formula is C17H25N3O4. The van der Waals surface area contributed by atoms with E-state index in [9.17, 15) is 9.59 Å². The summed E-state index contributed by atoms with van der Waals surface area (Å²) in [6.07, 6.45) is 1.26. The minimum Gasteiger partial charge on any atom is -0.484 e. The van der Waals surface area contributed by atoms with Crippen LogP contribution in [0.1, 0.15) is 12.8 Å². The minimum absolute atomic E-state index is 0.0436. The topological polar surface area (TPSA) is 79.9 Å². The number of carbonyl (C=O) groups excluding carboxylic acids is 2. The molecule has 24 heavy (non-hydrogen) atoms. The lowest BCUT2D eigenvalue weighted by molar-refractivity contribution is -0.140. The number of nitrogens with zero attached hydrogens (tertiary/aromatic N) is 1. The highest BCUT2D eigenvalue weighted by Crippen LogP contribution is 2.25. The van der Waals surface area contributed by atoms with Crippen molar-refractivity contribution in [1.29, 1.82) is 0 Å². The van der Waals surface area contributed by atoms with Crippen LogP contribution in [0.2, 0.25) is 0 Å². The van der Waals surface area contributed by atoms with Crippen LogP contribution in [0.15, 0.2) is 24.3 Å². The Hall–Kier alpha value is -2.12. The number of piperidine rings is 1.